The summed E-state index contributed by atoms with van der Waals surface area (Å²) in [5.74, 6) is -1.27. The Balaban J connectivity index is 1.85. The van der Waals surface area contributed by atoms with Gasteiger partial charge in [0, 0.05) is 36.6 Å². The normalized spacial score (nSPS) is 24.2. The summed E-state index contributed by atoms with van der Waals surface area (Å²) in [4.78, 5) is 14.5. The van der Waals surface area contributed by atoms with Crippen molar-refractivity contribution < 1.29 is 13.6 Å². The second-order valence-electron chi connectivity index (χ2n) is 8.56. The van der Waals surface area contributed by atoms with E-state index in [9.17, 15) is 13.6 Å². The molecule has 1 amide bonds. The molecule has 1 aliphatic carbocycles. The van der Waals surface area contributed by atoms with Gasteiger partial charge in [0.2, 0.25) is 0 Å². The quantitative estimate of drug-likeness (QED) is 0.792. The highest BCUT2D eigenvalue weighted by Gasteiger charge is 2.30. The summed E-state index contributed by atoms with van der Waals surface area (Å²) in [6.45, 7) is 8.82. The number of piperidine rings is 1. The van der Waals surface area contributed by atoms with Crippen LogP contribution in [0.15, 0.2) is 35.2 Å². The van der Waals surface area contributed by atoms with Gasteiger partial charge in [0.05, 0.1) is 6.07 Å². The standard InChI is InChI=1S/C21H29F2N3O/c1-21(2,3)7-9-26-8-6-16(19(23)14-26)13-25-20(27)17-10-15(12-24)4-5-18(22)11-17/h5,10-11,16,19H,4,6-9,13-14H2,1-3H3,(H,25,27)/t16-,19-/m0/s1. The van der Waals surface area contributed by atoms with E-state index in [0.29, 0.717) is 18.5 Å². The van der Waals surface area contributed by atoms with Crippen molar-refractivity contribution >= 4 is 5.91 Å². The van der Waals surface area contributed by atoms with E-state index in [0.717, 1.165) is 25.6 Å². The summed E-state index contributed by atoms with van der Waals surface area (Å²) in [7, 11) is 0. The molecule has 2 atom stereocenters. The lowest BCUT2D eigenvalue weighted by atomic mass is 9.90. The number of amides is 1. The molecule has 1 N–H and O–H groups in total. The van der Waals surface area contributed by atoms with E-state index in [2.05, 4.69) is 31.0 Å². The van der Waals surface area contributed by atoms with Crippen LogP contribution in [-0.4, -0.2) is 43.2 Å². The van der Waals surface area contributed by atoms with E-state index in [-0.39, 0.29) is 29.9 Å². The number of carbonyl (C=O) groups excluding carboxylic acids is 1. The summed E-state index contributed by atoms with van der Waals surface area (Å²) >= 11 is 0. The van der Waals surface area contributed by atoms with E-state index < -0.39 is 17.9 Å². The predicted molar refractivity (Wildman–Crippen MR) is 102 cm³/mol. The Labute approximate surface area is 160 Å². The maximum absolute atomic E-state index is 14.5. The topological polar surface area (TPSA) is 56.1 Å². The smallest absolute Gasteiger partial charge is 0.251 e. The molecule has 1 aliphatic heterocycles. The Morgan fingerprint density at radius 1 is 1.41 bits per heavy atom. The number of likely N-dealkylation sites (tertiary alicyclic amines) is 1. The largest absolute Gasteiger partial charge is 0.352 e. The zero-order chi connectivity index (χ0) is 20.0. The van der Waals surface area contributed by atoms with Crippen LogP contribution < -0.4 is 5.32 Å². The molecule has 27 heavy (non-hydrogen) atoms. The van der Waals surface area contributed by atoms with Crippen LogP contribution in [-0.2, 0) is 4.79 Å². The Hall–Kier alpha value is -2.00. The van der Waals surface area contributed by atoms with Crippen molar-refractivity contribution in [1.82, 2.24) is 10.2 Å². The van der Waals surface area contributed by atoms with Crippen LogP contribution in [0.5, 0.6) is 0 Å². The van der Waals surface area contributed by atoms with Gasteiger partial charge in [0.15, 0.2) is 0 Å². The number of hydrogen-bond acceptors (Lipinski definition) is 3. The lowest BCUT2D eigenvalue weighted by molar-refractivity contribution is -0.117. The molecule has 0 aromatic rings. The minimum Gasteiger partial charge on any atom is -0.352 e. The van der Waals surface area contributed by atoms with E-state index in [1.165, 1.54) is 12.2 Å². The van der Waals surface area contributed by atoms with Crippen molar-refractivity contribution in [2.45, 2.75) is 46.2 Å². The van der Waals surface area contributed by atoms with Crippen LogP contribution in [0.4, 0.5) is 8.78 Å². The number of nitriles is 1. The summed E-state index contributed by atoms with van der Waals surface area (Å²) in [6.07, 6.45) is 4.63. The maximum atomic E-state index is 14.5. The molecule has 0 radical (unpaired) electrons. The highest BCUT2D eigenvalue weighted by molar-refractivity contribution is 5.97. The highest BCUT2D eigenvalue weighted by atomic mass is 19.1. The number of carbonyl (C=O) groups is 1. The molecule has 4 nitrogen and oxygen atoms in total. The lowest BCUT2D eigenvalue weighted by Crippen LogP contribution is -2.46. The molecule has 0 bridgehead atoms. The molecular formula is C21H29F2N3O. The van der Waals surface area contributed by atoms with Gasteiger partial charge in [-0.1, -0.05) is 20.8 Å². The number of rotatable bonds is 5. The van der Waals surface area contributed by atoms with Gasteiger partial charge in [-0.05, 0) is 49.6 Å². The number of alkyl halides is 1. The van der Waals surface area contributed by atoms with Crippen molar-refractivity contribution in [3.8, 4) is 6.07 Å². The van der Waals surface area contributed by atoms with Gasteiger partial charge >= 0.3 is 0 Å². The van der Waals surface area contributed by atoms with Crippen LogP contribution in [0.3, 0.4) is 0 Å². The van der Waals surface area contributed by atoms with Crippen molar-refractivity contribution in [3.05, 3.63) is 35.2 Å². The molecule has 0 aromatic carbocycles. The first-order valence-corrected chi connectivity index (χ1v) is 9.50. The lowest BCUT2D eigenvalue weighted by Gasteiger charge is -2.36. The Bertz CT molecular complexity index is 683. The number of halogens is 2. The molecule has 0 unspecified atom stereocenters. The Kier molecular flexibility index (Phi) is 7.32. The van der Waals surface area contributed by atoms with E-state index >= 15 is 0 Å². The van der Waals surface area contributed by atoms with Gasteiger partial charge in [-0.25, -0.2) is 8.78 Å². The average molecular weight is 377 g/mol. The average Bonchev–Trinajstić information content (AvgIpc) is 2.79. The molecule has 0 spiro atoms. The number of nitrogens with zero attached hydrogens (tertiary/aromatic N) is 2. The van der Waals surface area contributed by atoms with Crippen LogP contribution in [0, 0.1) is 22.7 Å². The zero-order valence-corrected chi connectivity index (χ0v) is 16.4. The van der Waals surface area contributed by atoms with Crippen LogP contribution >= 0.6 is 0 Å². The third-order valence-corrected chi connectivity index (χ3v) is 5.01. The van der Waals surface area contributed by atoms with Gasteiger partial charge in [0.25, 0.3) is 5.91 Å². The van der Waals surface area contributed by atoms with Gasteiger partial charge in [-0.2, -0.15) is 5.26 Å². The molecule has 0 saturated carbocycles. The molecule has 1 heterocycles. The minimum absolute atomic E-state index is 0.0934. The Morgan fingerprint density at radius 2 is 2.15 bits per heavy atom. The Morgan fingerprint density at radius 3 is 2.78 bits per heavy atom. The SMILES string of the molecule is CC(C)(C)CCN1CC[C@@H](CNC(=O)C2=CC(F)=CCC(C#N)=C2)[C@@H](F)C1. The van der Waals surface area contributed by atoms with Crippen LogP contribution in [0.25, 0.3) is 0 Å². The first kappa shape index (κ1) is 21.3. The van der Waals surface area contributed by atoms with E-state index in [1.807, 2.05) is 6.07 Å². The fourth-order valence-electron chi connectivity index (χ4n) is 3.18. The molecule has 148 valence electrons. The number of nitrogens with one attached hydrogen (secondary N) is 1. The first-order valence-electron chi connectivity index (χ1n) is 9.50. The first-order chi connectivity index (χ1) is 12.7. The van der Waals surface area contributed by atoms with E-state index in [4.69, 9.17) is 5.26 Å². The van der Waals surface area contributed by atoms with E-state index in [1.54, 1.807) is 0 Å². The maximum Gasteiger partial charge on any atom is 0.251 e. The fourth-order valence-corrected chi connectivity index (χ4v) is 3.18. The molecule has 2 aliphatic rings. The second kappa shape index (κ2) is 9.27. The monoisotopic (exact) mass is 377 g/mol. The van der Waals surface area contributed by atoms with Gasteiger partial charge in [-0.3, -0.25) is 4.79 Å². The van der Waals surface area contributed by atoms with Crippen LogP contribution in [0.1, 0.15) is 40.0 Å². The number of allylic oxidation sites excluding steroid dienone is 4. The predicted octanol–water partition coefficient (Wildman–Crippen LogP) is 3.83. The third-order valence-electron chi connectivity index (χ3n) is 5.01. The number of hydrogen-bond donors (Lipinski definition) is 1. The van der Waals surface area contributed by atoms with Crippen molar-refractivity contribution in [2.24, 2.45) is 11.3 Å². The van der Waals surface area contributed by atoms with Crippen molar-refractivity contribution in [3.63, 3.8) is 0 Å². The molecule has 1 fully saturated rings. The van der Waals surface area contributed by atoms with Crippen LogP contribution in [0.2, 0.25) is 0 Å². The molecule has 0 aromatic heterocycles. The highest BCUT2D eigenvalue weighted by Crippen LogP contribution is 2.24. The van der Waals surface area contributed by atoms with Gasteiger partial charge in [0.1, 0.15) is 12.0 Å². The van der Waals surface area contributed by atoms with Gasteiger partial charge < -0.3 is 10.2 Å². The molecule has 2 rings (SSSR count). The summed E-state index contributed by atoms with van der Waals surface area (Å²) in [5.41, 5.74) is 0.637. The van der Waals surface area contributed by atoms with Crippen molar-refractivity contribution in [1.29, 1.82) is 5.26 Å². The zero-order valence-electron chi connectivity index (χ0n) is 16.4. The summed E-state index contributed by atoms with van der Waals surface area (Å²) in [5, 5.41) is 11.7. The molecule has 6 heteroatoms. The third kappa shape index (κ3) is 6.91. The van der Waals surface area contributed by atoms with Gasteiger partial charge in [-0.15, -0.1) is 0 Å². The van der Waals surface area contributed by atoms with Crippen molar-refractivity contribution in [2.75, 3.05) is 26.2 Å². The fraction of sp³-hybridized carbons (Fsp3) is 0.619. The minimum atomic E-state index is -0.996. The molecular weight excluding hydrogens is 348 g/mol. The molecule has 1 saturated heterocycles. The summed E-state index contributed by atoms with van der Waals surface area (Å²) < 4.78 is 28.1. The second-order valence-corrected chi connectivity index (χ2v) is 8.56. The summed E-state index contributed by atoms with van der Waals surface area (Å²) in [6, 6.07) is 1.95.